The topological polar surface area (TPSA) is 46.4 Å². The Kier molecular flexibility index (Phi) is 4.60. The molecule has 0 N–H and O–H groups in total. The molecule has 2 aliphatic rings. The minimum absolute atomic E-state index is 0.171. The molecule has 2 fully saturated rings. The van der Waals surface area contributed by atoms with Crippen LogP contribution >= 0.6 is 15.9 Å². The Balaban J connectivity index is 1.76. The van der Waals surface area contributed by atoms with E-state index in [0.717, 1.165) is 24.6 Å². The summed E-state index contributed by atoms with van der Waals surface area (Å²) < 4.78 is 0.561. The number of nitro groups is 1. The molecule has 1 heterocycles. The number of benzene rings is 1. The van der Waals surface area contributed by atoms with E-state index in [1.165, 1.54) is 38.5 Å². The fourth-order valence-corrected chi connectivity index (χ4v) is 4.35. The second-order valence-corrected chi connectivity index (χ2v) is 7.12. The van der Waals surface area contributed by atoms with Crippen molar-refractivity contribution in [2.24, 2.45) is 5.92 Å². The summed E-state index contributed by atoms with van der Waals surface area (Å²) in [7, 11) is 0. The van der Waals surface area contributed by atoms with Crippen LogP contribution in [0.4, 0.5) is 5.69 Å². The first kappa shape index (κ1) is 15.0. The van der Waals surface area contributed by atoms with E-state index in [2.05, 4.69) is 20.8 Å². The van der Waals surface area contributed by atoms with Gasteiger partial charge >= 0.3 is 0 Å². The van der Waals surface area contributed by atoms with Crippen molar-refractivity contribution >= 4 is 21.6 Å². The van der Waals surface area contributed by atoms with Gasteiger partial charge in [0.25, 0.3) is 5.69 Å². The summed E-state index contributed by atoms with van der Waals surface area (Å²) in [6, 6.07) is 6.21. The zero-order valence-corrected chi connectivity index (χ0v) is 13.7. The molecule has 1 aliphatic carbocycles. The van der Waals surface area contributed by atoms with Crippen molar-refractivity contribution < 1.29 is 4.92 Å². The number of hydrogen-bond donors (Lipinski definition) is 0. The molecule has 0 aromatic heterocycles. The summed E-state index contributed by atoms with van der Waals surface area (Å²) in [6.45, 7) is 1.97. The number of nitrogens with zero attached hydrogens (tertiary/aromatic N) is 2. The average Bonchev–Trinajstić information content (AvgIpc) is 2.49. The minimum Gasteiger partial charge on any atom is -0.296 e. The number of nitro benzene ring substituents is 1. The monoisotopic (exact) mass is 352 g/mol. The number of halogens is 1. The van der Waals surface area contributed by atoms with Gasteiger partial charge in [0.1, 0.15) is 0 Å². The summed E-state index contributed by atoms with van der Waals surface area (Å²) in [5.41, 5.74) is 1.22. The van der Waals surface area contributed by atoms with Crippen LogP contribution in [0.25, 0.3) is 0 Å². The van der Waals surface area contributed by atoms with E-state index in [1.54, 1.807) is 12.1 Å². The summed E-state index contributed by atoms with van der Waals surface area (Å²) in [6.07, 6.45) is 7.99. The third-order valence-corrected chi connectivity index (χ3v) is 5.62. The normalized spacial score (nSPS) is 26.3. The van der Waals surface area contributed by atoms with Crippen molar-refractivity contribution in [2.75, 3.05) is 6.54 Å². The van der Waals surface area contributed by atoms with E-state index in [9.17, 15) is 10.1 Å². The van der Waals surface area contributed by atoms with Crippen LogP contribution in [0, 0.1) is 16.0 Å². The average molecular weight is 353 g/mol. The van der Waals surface area contributed by atoms with E-state index < -0.39 is 0 Å². The fraction of sp³-hybridized carbons (Fsp3) is 0.625. The Morgan fingerprint density at radius 3 is 2.81 bits per heavy atom. The van der Waals surface area contributed by atoms with E-state index in [-0.39, 0.29) is 10.6 Å². The van der Waals surface area contributed by atoms with Gasteiger partial charge in [0.15, 0.2) is 0 Å². The predicted molar refractivity (Wildman–Crippen MR) is 86.2 cm³/mol. The van der Waals surface area contributed by atoms with Crippen LogP contribution in [0.5, 0.6) is 0 Å². The summed E-state index contributed by atoms with van der Waals surface area (Å²) in [4.78, 5) is 13.3. The Morgan fingerprint density at radius 2 is 2.00 bits per heavy atom. The van der Waals surface area contributed by atoms with Gasteiger partial charge in [-0.1, -0.05) is 18.9 Å². The van der Waals surface area contributed by atoms with Gasteiger partial charge < -0.3 is 0 Å². The van der Waals surface area contributed by atoms with Crippen LogP contribution in [0.2, 0.25) is 0 Å². The van der Waals surface area contributed by atoms with Crippen molar-refractivity contribution in [3.63, 3.8) is 0 Å². The van der Waals surface area contributed by atoms with E-state index >= 15 is 0 Å². The molecule has 0 bridgehead atoms. The Bertz CT molecular complexity index is 533. The van der Waals surface area contributed by atoms with Gasteiger partial charge in [-0.05, 0) is 65.7 Å². The van der Waals surface area contributed by atoms with Gasteiger partial charge in [-0.3, -0.25) is 15.0 Å². The molecule has 3 rings (SSSR count). The van der Waals surface area contributed by atoms with E-state index in [0.29, 0.717) is 10.5 Å². The fourth-order valence-electron chi connectivity index (χ4n) is 3.96. The standard InChI is InChI=1S/C16H21BrN2O2/c17-14-8-7-12(10-16(14)19(20)21)11-18-9-3-5-13-4-1-2-6-15(13)18/h7-8,10,13,15H,1-6,9,11H2/t13-,15-/m1/s1. The van der Waals surface area contributed by atoms with Gasteiger partial charge in [0.2, 0.25) is 0 Å². The van der Waals surface area contributed by atoms with E-state index in [1.807, 2.05) is 6.07 Å². The zero-order chi connectivity index (χ0) is 14.8. The van der Waals surface area contributed by atoms with Gasteiger partial charge in [-0.15, -0.1) is 0 Å². The number of hydrogen-bond acceptors (Lipinski definition) is 3. The molecule has 5 heteroatoms. The van der Waals surface area contributed by atoms with Gasteiger partial charge in [-0.25, -0.2) is 0 Å². The van der Waals surface area contributed by atoms with Gasteiger partial charge in [0, 0.05) is 18.7 Å². The maximum Gasteiger partial charge on any atom is 0.283 e. The highest BCUT2D eigenvalue weighted by Gasteiger charge is 2.33. The largest absolute Gasteiger partial charge is 0.296 e. The van der Waals surface area contributed by atoms with Crippen molar-refractivity contribution in [2.45, 2.75) is 51.1 Å². The molecule has 1 aromatic rings. The third kappa shape index (κ3) is 3.29. The quantitative estimate of drug-likeness (QED) is 0.593. The van der Waals surface area contributed by atoms with Crippen LogP contribution in [0.3, 0.4) is 0 Å². The summed E-state index contributed by atoms with van der Waals surface area (Å²) in [5.74, 6) is 0.845. The Hall–Kier alpha value is -0.940. The molecule has 2 atom stereocenters. The molecule has 114 valence electrons. The molecule has 1 saturated heterocycles. The molecule has 21 heavy (non-hydrogen) atoms. The lowest BCUT2D eigenvalue weighted by molar-refractivity contribution is -0.385. The minimum atomic E-state index is -0.312. The highest BCUT2D eigenvalue weighted by molar-refractivity contribution is 9.10. The van der Waals surface area contributed by atoms with Crippen LogP contribution in [-0.4, -0.2) is 22.4 Å². The first-order valence-electron chi connectivity index (χ1n) is 7.82. The molecule has 0 amide bonds. The Morgan fingerprint density at radius 1 is 1.24 bits per heavy atom. The highest BCUT2D eigenvalue weighted by atomic mass is 79.9. The molecule has 4 nitrogen and oxygen atoms in total. The van der Waals surface area contributed by atoms with E-state index in [4.69, 9.17) is 0 Å². The van der Waals surface area contributed by atoms with Gasteiger partial charge in [0.05, 0.1) is 9.40 Å². The van der Waals surface area contributed by atoms with Crippen molar-refractivity contribution in [1.29, 1.82) is 0 Å². The summed E-state index contributed by atoms with van der Waals surface area (Å²) >= 11 is 3.26. The molecule has 1 aliphatic heterocycles. The first-order chi connectivity index (χ1) is 10.1. The molecular formula is C16H21BrN2O2. The molecular weight excluding hydrogens is 332 g/mol. The molecule has 0 unspecified atom stereocenters. The van der Waals surface area contributed by atoms with Crippen molar-refractivity contribution in [1.82, 2.24) is 4.90 Å². The van der Waals surface area contributed by atoms with Crippen LogP contribution in [-0.2, 0) is 6.54 Å². The second-order valence-electron chi connectivity index (χ2n) is 6.27. The van der Waals surface area contributed by atoms with Gasteiger partial charge in [-0.2, -0.15) is 0 Å². The number of rotatable bonds is 3. The molecule has 1 aromatic carbocycles. The maximum absolute atomic E-state index is 11.1. The smallest absolute Gasteiger partial charge is 0.283 e. The highest BCUT2D eigenvalue weighted by Crippen LogP contribution is 2.36. The van der Waals surface area contributed by atoms with Crippen molar-refractivity contribution in [3.05, 3.63) is 38.3 Å². The maximum atomic E-state index is 11.1. The first-order valence-corrected chi connectivity index (χ1v) is 8.61. The third-order valence-electron chi connectivity index (χ3n) is 4.95. The summed E-state index contributed by atoms with van der Waals surface area (Å²) in [5, 5.41) is 11.1. The predicted octanol–water partition coefficient (Wildman–Crippen LogP) is 4.51. The van der Waals surface area contributed by atoms with Crippen molar-refractivity contribution in [3.8, 4) is 0 Å². The SMILES string of the molecule is O=[N+]([O-])c1cc(CN2CCC[C@H]3CCCC[C@H]32)ccc1Br. The lowest BCUT2D eigenvalue weighted by atomic mass is 9.78. The Labute approximate surface area is 133 Å². The number of piperidine rings is 1. The van der Waals surface area contributed by atoms with Crippen LogP contribution < -0.4 is 0 Å². The number of likely N-dealkylation sites (tertiary alicyclic amines) is 1. The molecule has 0 radical (unpaired) electrons. The lowest BCUT2D eigenvalue weighted by Crippen LogP contribution is -2.46. The van der Waals surface area contributed by atoms with Crippen LogP contribution in [0.15, 0.2) is 22.7 Å². The molecule has 0 spiro atoms. The second kappa shape index (κ2) is 6.44. The number of fused-ring (bicyclic) bond motifs is 1. The zero-order valence-electron chi connectivity index (χ0n) is 12.1. The lowest BCUT2D eigenvalue weighted by Gasteiger charge is -2.44. The molecule has 1 saturated carbocycles. The van der Waals surface area contributed by atoms with Crippen LogP contribution in [0.1, 0.15) is 44.1 Å².